The SMILES string of the molecule is COc1cc2nc(Nc3nc(-c4ccc([N+](=O)[O-])cc4)cs3)sc2cc1OC. The van der Waals surface area contributed by atoms with Gasteiger partial charge in [0, 0.05) is 35.2 Å². The van der Waals surface area contributed by atoms with Crippen molar-refractivity contribution in [1.82, 2.24) is 9.97 Å². The number of non-ortho nitro benzene ring substituents is 1. The molecule has 0 bridgehead atoms. The third kappa shape index (κ3) is 3.47. The quantitative estimate of drug-likeness (QED) is 0.346. The Hall–Kier alpha value is -3.24. The number of hydrogen-bond acceptors (Lipinski definition) is 9. The monoisotopic (exact) mass is 414 g/mol. The van der Waals surface area contributed by atoms with Crippen molar-refractivity contribution in [3.05, 3.63) is 51.9 Å². The van der Waals surface area contributed by atoms with Gasteiger partial charge in [0.1, 0.15) is 0 Å². The van der Waals surface area contributed by atoms with Gasteiger partial charge in [-0.05, 0) is 12.1 Å². The molecular weight excluding hydrogens is 400 g/mol. The molecule has 0 fully saturated rings. The Bertz CT molecular complexity index is 1110. The molecule has 4 rings (SSSR count). The third-order valence-corrected chi connectivity index (χ3v) is 5.68. The molecule has 0 spiro atoms. The molecule has 0 atom stereocenters. The fourth-order valence-electron chi connectivity index (χ4n) is 2.62. The van der Waals surface area contributed by atoms with Crippen LogP contribution in [-0.2, 0) is 0 Å². The summed E-state index contributed by atoms with van der Waals surface area (Å²) in [7, 11) is 3.18. The zero-order valence-electron chi connectivity index (χ0n) is 14.8. The molecule has 2 aromatic carbocycles. The van der Waals surface area contributed by atoms with Crippen LogP contribution in [0.4, 0.5) is 16.0 Å². The standard InChI is InChI=1S/C18H14N4O4S2/c1-25-14-7-12-16(8-15(14)26-2)28-18(19-12)21-17-20-13(9-27-17)10-3-5-11(6-4-10)22(23)24/h3-9H,1-2H3,(H,19,20,21). The van der Waals surface area contributed by atoms with Gasteiger partial charge in [0.15, 0.2) is 21.8 Å². The Balaban J connectivity index is 1.57. The fourth-order valence-corrected chi connectivity index (χ4v) is 4.28. The summed E-state index contributed by atoms with van der Waals surface area (Å²) in [4.78, 5) is 19.5. The van der Waals surface area contributed by atoms with E-state index in [4.69, 9.17) is 9.47 Å². The van der Waals surface area contributed by atoms with Gasteiger partial charge in [-0.1, -0.05) is 11.3 Å². The van der Waals surface area contributed by atoms with Crippen LogP contribution < -0.4 is 14.8 Å². The summed E-state index contributed by atoms with van der Waals surface area (Å²) in [5.41, 5.74) is 2.41. The molecule has 142 valence electrons. The molecule has 28 heavy (non-hydrogen) atoms. The first-order valence-corrected chi connectivity index (χ1v) is 9.77. The third-order valence-electron chi connectivity index (χ3n) is 3.99. The zero-order valence-corrected chi connectivity index (χ0v) is 16.5. The number of benzene rings is 2. The lowest BCUT2D eigenvalue weighted by Crippen LogP contribution is -1.90. The van der Waals surface area contributed by atoms with E-state index in [1.54, 1.807) is 26.4 Å². The molecule has 0 aliphatic heterocycles. The molecule has 1 N–H and O–H groups in total. The van der Waals surface area contributed by atoms with Crippen LogP contribution in [0.25, 0.3) is 21.5 Å². The smallest absolute Gasteiger partial charge is 0.269 e. The van der Waals surface area contributed by atoms with Crippen molar-refractivity contribution in [3.8, 4) is 22.8 Å². The van der Waals surface area contributed by atoms with Gasteiger partial charge < -0.3 is 14.8 Å². The predicted octanol–water partition coefficient (Wildman–Crippen LogP) is 5.09. The predicted molar refractivity (Wildman–Crippen MR) is 110 cm³/mol. The largest absolute Gasteiger partial charge is 0.493 e. The minimum absolute atomic E-state index is 0.0534. The normalized spacial score (nSPS) is 10.8. The summed E-state index contributed by atoms with van der Waals surface area (Å²) in [6.07, 6.45) is 0. The highest BCUT2D eigenvalue weighted by molar-refractivity contribution is 7.22. The van der Waals surface area contributed by atoms with Crippen LogP contribution in [0, 0.1) is 10.1 Å². The second-order valence-electron chi connectivity index (χ2n) is 5.66. The van der Waals surface area contributed by atoms with E-state index in [-0.39, 0.29) is 5.69 Å². The van der Waals surface area contributed by atoms with Crippen molar-refractivity contribution in [2.45, 2.75) is 0 Å². The van der Waals surface area contributed by atoms with Gasteiger partial charge in [-0.3, -0.25) is 10.1 Å². The van der Waals surface area contributed by atoms with Gasteiger partial charge in [0.05, 0.1) is 35.1 Å². The number of nitrogens with one attached hydrogen (secondary N) is 1. The van der Waals surface area contributed by atoms with Crippen LogP contribution >= 0.6 is 22.7 Å². The summed E-state index contributed by atoms with van der Waals surface area (Å²) in [6, 6.07) is 10.0. The van der Waals surface area contributed by atoms with Crippen molar-refractivity contribution in [3.63, 3.8) is 0 Å². The fraction of sp³-hybridized carbons (Fsp3) is 0.111. The molecule has 2 aromatic heterocycles. The number of nitrogens with zero attached hydrogens (tertiary/aromatic N) is 3. The Kier molecular flexibility index (Phi) is 4.80. The highest BCUT2D eigenvalue weighted by atomic mass is 32.1. The average molecular weight is 414 g/mol. The average Bonchev–Trinajstić information content (AvgIpc) is 3.33. The lowest BCUT2D eigenvalue weighted by Gasteiger charge is -2.05. The maximum Gasteiger partial charge on any atom is 0.269 e. The van der Waals surface area contributed by atoms with Gasteiger partial charge >= 0.3 is 0 Å². The molecule has 2 heterocycles. The lowest BCUT2D eigenvalue weighted by atomic mass is 10.1. The van der Waals surface area contributed by atoms with Crippen molar-refractivity contribution in [2.75, 3.05) is 19.5 Å². The van der Waals surface area contributed by atoms with Crippen LogP contribution in [0.5, 0.6) is 11.5 Å². The first-order valence-electron chi connectivity index (χ1n) is 8.07. The summed E-state index contributed by atoms with van der Waals surface area (Å²) in [5, 5.41) is 17.3. The number of nitro benzene ring substituents is 1. The number of aromatic nitrogens is 2. The molecule has 0 aliphatic rings. The molecule has 0 saturated carbocycles. The number of thiazole rings is 2. The number of rotatable bonds is 6. The van der Waals surface area contributed by atoms with E-state index in [0.29, 0.717) is 21.8 Å². The first-order chi connectivity index (χ1) is 13.6. The lowest BCUT2D eigenvalue weighted by molar-refractivity contribution is -0.384. The molecule has 0 unspecified atom stereocenters. The molecule has 0 aliphatic carbocycles. The van der Waals surface area contributed by atoms with Crippen LogP contribution in [0.15, 0.2) is 41.8 Å². The van der Waals surface area contributed by atoms with Crippen molar-refractivity contribution >= 4 is 48.8 Å². The molecule has 0 saturated heterocycles. The minimum Gasteiger partial charge on any atom is -0.493 e. The molecule has 0 radical (unpaired) electrons. The van der Waals surface area contributed by atoms with Crippen LogP contribution in [0.1, 0.15) is 0 Å². The first kappa shape index (κ1) is 18.1. The number of hydrogen-bond donors (Lipinski definition) is 1. The topological polar surface area (TPSA) is 99.4 Å². The molecule has 8 nitrogen and oxygen atoms in total. The van der Waals surface area contributed by atoms with E-state index >= 15 is 0 Å². The second kappa shape index (κ2) is 7.41. The van der Waals surface area contributed by atoms with Crippen molar-refractivity contribution < 1.29 is 14.4 Å². The summed E-state index contributed by atoms with van der Waals surface area (Å²) in [5.74, 6) is 1.28. The summed E-state index contributed by atoms with van der Waals surface area (Å²) in [6.45, 7) is 0. The van der Waals surface area contributed by atoms with E-state index in [2.05, 4.69) is 15.3 Å². The zero-order chi connectivity index (χ0) is 19.7. The van der Waals surface area contributed by atoms with Gasteiger partial charge in [0.2, 0.25) is 0 Å². The van der Waals surface area contributed by atoms with E-state index in [1.807, 2.05) is 17.5 Å². The van der Waals surface area contributed by atoms with E-state index in [0.717, 1.165) is 21.5 Å². The highest BCUT2D eigenvalue weighted by Crippen LogP contribution is 2.37. The van der Waals surface area contributed by atoms with Gasteiger partial charge in [-0.25, -0.2) is 9.97 Å². The van der Waals surface area contributed by atoms with Crippen LogP contribution in [-0.4, -0.2) is 29.1 Å². The van der Waals surface area contributed by atoms with Gasteiger partial charge in [-0.15, -0.1) is 11.3 Å². The number of ether oxygens (including phenoxy) is 2. The van der Waals surface area contributed by atoms with Crippen LogP contribution in [0.3, 0.4) is 0 Å². The molecular formula is C18H14N4O4S2. The van der Waals surface area contributed by atoms with Crippen LogP contribution in [0.2, 0.25) is 0 Å². The maximum atomic E-state index is 10.8. The number of methoxy groups -OCH3 is 2. The number of nitro groups is 1. The van der Waals surface area contributed by atoms with E-state index < -0.39 is 4.92 Å². The minimum atomic E-state index is -0.422. The molecule has 10 heteroatoms. The van der Waals surface area contributed by atoms with Gasteiger partial charge in [-0.2, -0.15) is 0 Å². The Morgan fingerprint density at radius 1 is 1.04 bits per heavy atom. The number of anilines is 2. The van der Waals surface area contributed by atoms with Crippen molar-refractivity contribution in [1.29, 1.82) is 0 Å². The Morgan fingerprint density at radius 2 is 1.75 bits per heavy atom. The van der Waals surface area contributed by atoms with Gasteiger partial charge in [0.25, 0.3) is 5.69 Å². The van der Waals surface area contributed by atoms with E-state index in [9.17, 15) is 10.1 Å². The Morgan fingerprint density at radius 3 is 2.43 bits per heavy atom. The van der Waals surface area contributed by atoms with E-state index in [1.165, 1.54) is 34.8 Å². The maximum absolute atomic E-state index is 10.8. The Labute approximate surface area is 167 Å². The second-order valence-corrected chi connectivity index (χ2v) is 7.55. The summed E-state index contributed by atoms with van der Waals surface area (Å²) >= 11 is 2.92. The highest BCUT2D eigenvalue weighted by Gasteiger charge is 2.13. The molecule has 4 aromatic rings. The number of fused-ring (bicyclic) bond motifs is 1. The molecule has 0 amide bonds. The van der Waals surface area contributed by atoms with Crippen molar-refractivity contribution in [2.24, 2.45) is 0 Å². The summed E-state index contributed by atoms with van der Waals surface area (Å²) < 4.78 is 11.6.